The normalized spacial score (nSPS) is 15.5. The predicted octanol–water partition coefficient (Wildman–Crippen LogP) is 4.01. The van der Waals surface area contributed by atoms with Gasteiger partial charge in [0.15, 0.2) is 0 Å². The number of rotatable bonds is 6. The molecule has 0 aliphatic carbocycles. The Morgan fingerprint density at radius 1 is 1.22 bits per heavy atom. The van der Waals surface area contributed by atoms with Crippen LogP contribution in [0.25, 0.3) is 11.3 Å². The number of alkyl halides is 4. The average molecular weight is 560 g/mol. The van der Waals surface area contributed by atoms with Crippen LogP contribution in [-0.2, 0) is 10.1 Å². The topological polar surface area (TPSA) is 135 Å². The lowest BCUT2D eigenvalue weighted by Gasteiger charge is -2.20. The third kappa shape index (κ3) is 9.15. The van der Waals surface area contributed by atoms with Gasteiger partial charge in [-0.1, -0.05) is 0 Å². The van der Waals surface area contributed by atoms with E-state index in [0.29, 0.717) is 42.0 Å². The summed E-state index contributed by atoms with van der Waals surface area (Å²) in [6.45, 7) is 0.713. The molecule has 10 nitrogen and oxygen atoms in total. The molecule has 1 amide bonds. The minimum absolute atomic E-state index is 0.157. The first-order chi connectivity index (χ1) is 17.3. The van der Waals surface area contributed by atoms with Gasteiger partial charge in [-0.25, -0.2) is 9.37 Å². The third-order valence-corrected chi connectivity index (χ3v) is 4.82. The number of hydrogen-bond acceptors (Lipinski definition) is 8. The molecule has 2 N–H and O–H groups in total. The van der Waals surface area contributed by atoms with Crippen LogP contribution in [0, 0.1) is 0 Å². The van der Waals surface area contributed by atoms with Gasteiger partial charge in [0.2, 0.25) is 0 Å². The number of nitrogens with zero attached hydrogens (tertiary/aromatic N) is 4. The highest BCUT2D eigenvalue weighted by atomic mass is 35.5. The molecule has 2 aromatic heterocycles. The number of benzene rings is 1. The van der Waals surface area contributed by atoms with Crippen molar-refractivity contribution in [3.8, 4) is 17.0 Å². The predicted molar refractivity (Wildman–Crippen MR) is 130 cm³/mol. The van der Waals surface area contributed by atoms with E-state index in [1.54, 1.807) is 6.07 Å². The molecule has 3 aromatic rings. The zero-order valence-corrected chi connectivity index (χ0v) is 20.8. The van der Waals surface area contributed by atoms with Gasteiger partial charge < -0.3 is 15.0 Å². The highest BCUT2D eigenvalue weighted by Crippen LogP contribution is 2.31. The first-order valence-corrected chi connectivity index (χ1v) is 12.8. The van der Waals surface area contributed by atoms with Gasteiger partial charge >= 0.3 is 5.57 Å². The van der Waals surface area contributed by atoms with Crippen molar-refractivity contribution in [1.82, 2.24) is 15.0 Å². The number of halogens is 4. The summed E-state index contributed by atoms with van der Waals surface area (Å²) in [7, 11) is -3.67. The third-order valence-electron chi connectivity index (χ3n) is 4.74. The number of carbonyl (C=O) groups excluding carboxylic acids is 1. The van der Waals surface area contributed by atoms with Crippen molar-refractivity contribution in [2.75, 3.05) is 29.6 Å². The van der Waals surface area contributed by atoms with Gasteiger partial charge in [-0.3, -0.25) is 19.3 Å². The van der Waals surface area contributed by atoms with Gasteiger partial charge in [-0.05, 0) is 36.8 Å². The molecule has 4 rings (SSSR count). The van der Waals surface area contributed by atoms with E-state index in [9.17, 15) is 26.4 Å². The summed E-state index contributed by atoms with van der Waals surface area (Å²) in [5, 5.41) is 2.66. The molecule has 1 saturated heterocycles. The Morgan fingerprint density at radius 3 is 2.43 bits per heavy atom. The van der Waals surface area contributed by atoms with Gasteiger partial charge in [0.1, 0.15) is 17.7 Å². The van der Waals surface area contributed by atoms with E-state index < -0.39 is 27.8 Å². The summed E-state index contributed by atoms with van der Waals surface area (Å²) >= 11 is 4.74. The molecule has 0 spiro atoms. The van der Waals surface area contributed by atoms with Crippen LogP contribution in [0.2, 0.25) is 0 Å². The Hall–Kier alpha value is -3.49. The van der Waals surface area contributed by atoms with Crippen LogP contribution < -0.4 is 15.0 Å². The van der Waals surface area contributed by atoms with Crippen LogP contribution >= 0.6 is 11.6 Å². The van der Waals surface area contributed by atoms with Gasteiger partial charge in [-0.2, -0.15) is 8.42 Å². The maximum Gasteiger partial charge on any atom is 0.487 e. The number of carbonyl (C=O) groups is 1. The summed E-state index contributed by atoms with van der Waals surface area (Å²) in [5.41, 5.74) is -2.20. The average Bonchev–Trinajstić information content (AvgIpc) is 3.24. The van der Waals surface area contributed by atoms with E-state index >= 15 is 0 Å². The molecule has 1 aromatic carbocycles. The smallest absolute Gasteiger partial charge is 0.420 e. The van der Waals surface area contributed by atoms with E-state index in [4.69, 9.17) is 16.2 Å². The monoisotopic (exact) mass is 559 g/mol. The number of amides is 1. The molecule has 1 fully saturated rings. The largest absolute Gasteiger partial charge is 0.487 e. The molecule has 0 bridgehead atoms. The number of hydrogen-bond donors (Lipinski definition) is 2. The number of nitrogens with one attached hydrogen (secondary N) is 1. The van der Waals surface area contributed by atoms with E-state index in [1.165, 1.54) is 49.1 Å². The second-order valence-electron chi connectivity index (χ2n) is 7.78. The number of pyridine rings is 1. The summed E-state index contributed by atoms with van der Waals surface area (Å²) in [5.74, 6) is -0.114. The van der Waals surface area contributed by atoms with Crippen molar-refractivity contribution >= 4 is 39.1 Å². The minimum Gasteiger partial charge on any atom is -0.420 e. The summed E-state index contributed by atoms with van der Waals surface area (Å²) < 4.78 is 69.3. The van der Waals surface area contributed by atoms with Gasteiger partial charge in [0.25, 0.3) is 16.0 Å². The van der Waals surface area contributed by atoms with Crippen molar-refractivity contribution in [2.45, 2.75) is 18.2 Å². The fourth-order valence-electron chi connectivity index (χ4n) is 3.31. The molecule has 3 heterocycles. The molecule has 198 valence electrons. The van der Waals surface area contributed by atoms with Gasteiger partial charge in [0, 0.05) is 48.0 Å². The second kappa shape index (κ2) is 11.7. The first kappa shape index (κ1) is 28.1. The first-order valence-electron chi connectivity index (χ1n) is 10.5. The fourth-order valence-corrected chi connectivity index (χ4v) is 3.40. The minimum atomic E-state index is -3.83. The van der Waals surface area contributed by atoms with E-state index in [1.807, 2.05) is 4.90 Å². The van der Waals surface area contributed by atoms with E-state index in [0.717, 1.165) is 0 Å². The molecular weight excluding hydrogens is 539 g/mol. The molecule has 0 unspecified atom stereocenters. The summed E-state index contributed by atoms with van der Waals surface area (Å²) in [6.07, 6.45) is 6.14. The summed E-state index contributed by atoms with van der Waals surface area (Å²) in [4.78, 5) is 27.3. The lowest BCUT2D eigenvalue weighted by atomic mass is 10.1. The molecule has 1 aliphatic heterocycles. The Kier molecular flexibility index (Phi) is 8.89. The van der Waals surface area contributed by atoms with Crippen molar-refractivity contribution in [3.05, 3.63) is 60.7 Å². The SMILES string of the molecule is CS(=O)(=O)O.O=C(Nc1ccc(OC(F)(F)Cl)cc1)c1cnc(N2CC[C@@H](F)C2)c(-c2cnccn2)c1. The molecule has 37 heavy (non-hydrogen) atoms. The highest BCUT2D eigenvalue weighted by molar-refractivity contribution is 7.85. The van der Waals surface area contributed by atoms with Crippen LogP contribution in [0.1, 0.15) is 16.8 Å². The number of ether oxygens (including phenoxy) is 1. The van der Waals surface area contributed by atoms with Gasteiger partial charge in [-0.15, -0.1) is 8.78 Å². The van der Waals surface area contributed by atoms with E-state index in [-0.39, 0.29) is 17.9 Å². The fraction of sp³-hybridized carbons (Fsp3) is 0.273. The van der Waals surface area contributed by atoms with Crippen molar-refractivity contribution in [3.63, 3.8) is 0 Å². The Labute approximate surface area is 215 Å². The standard InChI is InChI=1S/C21H17ClF3N5O2.CH4O3S/c22-21(24,25)32-16-3-1-15(2-4-16)29-20(31)13-9-17(18-11-26-6-7-27-18)19(28-10-13)30-8-5-14(23)12-30;1-5(2,3)4/h1-4,6-7,9-11,14H,5,8,12H2,(H,29,31);1H3,(H,2,3,4)/t14-;/m1./s1. The van der Waals surface area contributed by atoms with Crippen molar-refractivity contribution < 1.29 is 35.7 Å². The van der Waals surface area contributed by atoms with Crippen LogP contribution in [0.3, 0.4) is 0 Å². The maximum atomic E-state index is 13.7. The van der Waals surface area contributed by atoms with Crippen LogP contribution in [-0.4, -0.2) is 64.9 Å². The quantitative estimate of drug-likeness (QED) is 0.339. The highest BCUT2D eigenvalue weighted by Gasteiger charge is 2.28. The second-order valence-corrected chi connectivity index (χ2v) is 9.68. The molecule has 15 heteroatoms. The van der Waals surface area contributed by atoms with Crippen molar-refractivity contribution in [1.29, 1.82) is 0 Å². The van der Waals surface area contributed by atoms with Crippen LogP contribution in [0.5, 0.6) is 5.75 Å². The molecule has 1 atom stereocenters. The van der Waals surface area contributed by atoms with Crippen molar-refractivity contribution in [2.24, 2.45) is 0 Å². The number of anilines is 2. The lowest BCUT2D eigenvalue weighted by Crippen LogP contribution is -2.23. The Balaban J connectivity index is 0.000000695. The molecule has 1 aliphatic rings. The van der Waals surface area contributed by atoms with Gasteiger partial charge in [0.05, 0.1) is 30.3 Å². The maximum absolute atomic E-state index is 13.7. The van der Waals surface area contributed by atoms with Crippen LogP contribution in [0.4, 0.5) is 24.7 Å². The zero-order valence-electron chi connectivity index (χ0n) is 19.2. The molecular formula is C22H21ClF3N5O5S. The Morgan fingerprint density at radius 2 is 1.89 bits per heavy atom. The van der Waals surface area contributed by atoms with Crippen LogP contribution in [0.15, 0.2) is 55.1 Å². The Bertz CT molecular complexity index is 1320. The summed E-state index contributed by atoms with van der Waals surface area (Å²) in [6, 6.07) is 6.90. The molecule has 0 saturated carbocycles. The molecule has 0 radical (unpaired) electrons. The zero-order chi connectivity index (χ0) is 27.2. The van der Waals surface area contributed by atoms with E-state index in [2.05, 4.69) is 25.0 Å². The lowest BCUT2D eigenvalue weighted by molar-refractivity contribution is -0.0964. The number of aromatic nitrogens is 3.